The van der Waals surface area contributed by atoms with Crippen LogP contribution in [0.2, 0.25) is 0 Å². The number of methoxy groups -OCH3 is 2. The summed E-state index contributed by atoms with van der Waals surface area (Å²) < 4.78 is 20.8. The van der Waals surface area contributed by atoms with E-state index in [4.69, 9.17) is 18.9 Å². The zero-order valence-corrected chi connectivity index (χ0v) is 19.6. The number of rotatable bonds is 4. The maximum absolute atomic E-state index is 11.5. The molecule has 0 bridgehead atoms. The average molecular weight is 433 g/mol. The van der Waals surface area contributed by atoms with Crippen molar-refractivity contribution in [3.63, 3.8) is 0 Å². The third kappa shape index (κ3) is 10.4. The highest BCUT2D eigenvalue weighted by Gasteiger charge is 2.30. The molecule has 0 unspecified atom stereocenters. The zero-order chi connectivity index (χ0) is 22.9. The molecule has 2 fully saturated rings. The van der Waals surface area contributed by atoms with E-state index >= 15 is 0 Å². The zero-order valence-electron chi connectivity index (χ0n) is 19.6. The van der Waals surface area contributed by atoms with Crippen LogP contribution in [0.1, 0.15) is 41.5 Å². The molecule has 2 rings (SSSR count). The summed E-state index contributed by atoms with van der Waals surface area (Å²) in [6.07, 6.45) is -0.730. The van der Waals surface area contributed by atoms with Gasteiger partial charge in [0.05, 0.1) is 24.3 Å². The van der Waals surface area contributed by atoms with Crippen molar-refractivity contribution in [1.29, 1.82) is 0 Å². The first kappa shape index (κ1) is 26.4. The van der Waals surface area contributed by atoms with Gasteiger partial charge in [-0.3, -0.25) is 0 Å². The molecule has 0 aromatic carbocycles. The number of amides is 2. The average Bonchev–Trinajstić information content (AvgIpc) is 3.20. The normalized spacial score (nSPS) is 26.4. The molecule has 0 aromatic rings. The van der Waals surface area contributed by atoms with Gasteiger partial charge in [-0.2, -0.15) is 0 Å². The fraction of sp³-hybridized carbons (Fsp3) is 0.900. The van der Waals surface area contributed by atoms with E-state index in [0.29, 0.717) is 0 Å². The molecule has 2 aliphatic heterocycles. The summed E-state index contributed by atoms with van der Waals surface area (Å²) in [5.74, 6) is 0. The van der Waals surface area contributed by atoms with Gasteiger partial charge in [-0.15, -0.1) is 0 Å². The van der Waals surface area contributed by atoms with Gasteiger partial charge in [-0.05, 0) is 41.5 Å². The summed E-state index contributed by atoms with van der Waals surface area (Å²) in [5.41, 5.74) is -0.919. The Bertz CT molecular complexity index is 498. The summed E-state index contributed by atoms with van der Waals surface area (Å²) in [5, 5.41) is 11.9. The third-order valence-electron chi connectivity index (χ3n) is 4.33. The Morgan fingerprint density at radius 2 is 1.03 bits per heavy atom. The van der Waals surface area contributed by atoms with Crippen LogP contribution in [0, 0.1) is 0 Å². The van der Waals surface area contributed by atoms with Crippen LogP contribution in [0.25, 0.3) is 0 Å². The van der Waals surface area contributed by atoms with Crippen LogP contribution in [0.4, 0.5) is 9.59 Å². The predicted octanol–water partition coefficient (Wildman–Crippen LogP) is 0.996. The Hall–Kier alpha value is -1.62. The number of carbonyl (C=O) groups excluding carboxylic acids is 2. The monoisotopic (exact) mass is 432 g/mol. The van der Waals surface area contributed by atoms with Gasteiger partial charge in [0, 0.05) is 40.4 Å². The molecular formula is C20H40N4O6. The Labute approximate surface area is 180 Å². The van der Waals surface area contributed by atoms with E-state index in [-0.39, 0.29) is 24.3 Å². The standard InChI is InChI=1S/2C10H20N2O3/c2*1-10(2,3)15-9(13)12-7-5-11-6-8(7)14-4/h2*7-8,11H,5-6H2,1-4H3,(H,12,13)/t2*7-,8-/m10/s1. The minimum Gasteiger partial charge on any atom is -0.444 e. The van der Waals surface area contributed by atoms with Crippen LogP contribution < -0.4 is 21.3 Å². The smallest absolute Gasteiger partial charge is 0.408 e. The molecule has 2 heterocycles. The maximum atomic E-state index is 11.5. The topological polar surface area (TPSA) is 119 Å². The Kier molecular flexibility index (Phi) is 10.3. The lowest BCUT2D eigenvalue weighted by molar-refractivity contribution is 0.0408. The van der Waals surface area contributed by atoms with Crippen LogP contribution in [0.5, 0.6) is 0 Å². The number of ether oxygens (including phenoxy) is 4. The summed E-state index contributed by atoms with van der Waals surface area (Å²) in [7, 11) is 3.28. The van der Waals surface area contributed by atoms with Gasteiger partial charge < -0.3 is 40.2 Å². The third-order valence-corrected chi connectivity index (χ3v) is 4.33. The first-order valence-electron chi connectivity index (χ1n) is 10.3. The molecule has 30 heavy (non-hydrogen) atoms. The number of alkyl carbamates (subject to hydrolysis) is 2. The fourth-order valence-electron chi connectivity index (χ4n) is 3.01. The van der Waals surface area contributed by atoms with Crippen molar-refractivity contribution in [3.8, 4) is 0 Å². The number of hydrogen-bond donors (Lipinski definition) is 4. The Morgan fingerprint density at radius 1 is 0.700 bits per heavy atom. The molecule has 0 spiro atoms. The highest BCUT2D eigenvalue weighted by molar-refractivity contribution is 5.68. The van der Waals surface area contributed by atoms with Gasteiger partial charge >= 0.3 is 12.2 Å². The first-order valence-corrected chi connectivity index (χ1v) is 10.3. The number of nitrogens with one attached hydrogen (secondary N) is 4. The largest absolute Gasteiger partial charge is 0.444 e. The summed E-state index contributed by atoms with van der Waals surface area (Å²) in [6.45, 7) is 14.0. The summed E-state index contributed by atoms with van der Waals surface area (Å²) >= 11 is 0. The molecule has 0 radical (unpaired) electrons. The second-order valence-electron chi connectivity index (χ2n) is 9.37. The molecule has 10 nitrogen and oxygen atoms in total. The second kappa shape index (κ2) is 11.7. The van der Waals surface area contributed by atoms with E-state index in [1.54, 1.807) is 14.2 Å². The van der Waals surface area contributed by atoms with Crippen molar-refractivity contribution in [1.82, 2.24) is 21.3 Å². The van der Waals surface area contributed by atoms with E-state index in [1.807, 2.05) is 41.5 Å². The Morgan fingerprint density at radius 3 is 1.30 bits per heavy atom. The van der Waals surface area contributed by atoms with Crippen LogP contribution in [-0.2, 0) is 18.9 Å². The molecule has 2 saturated heterocycles. The van der Waals surface area contributed by atoms with Crippen LogP contribution >= 0.6 is 0 Å². The van der Waals surface area contributed by atoms with Gasteiger partial charge in [0.2, 0.25) is 0 Å². The maximum Gasteiger partial charge on any atom is 0.408 e. The lowest BCUT2D eigenvalue weighted by Crippen LogP contribution is -2.45. The Balaban J connectivity index is 0.000000300. The molecule has 4 atom stereocenters. The lowest BCUT2D eigenvalue weighted by Gasteiger charge is -2.23. The molecule has 0 aliphatic carbocycles. The van der Waals surface area contributed by atoms with Gasteiger partial charge in [-0.1, -0.05) is 0 Å². The number of hydrogen-bond acceptors (Lipinski definition) is 8. The van der Waals surface area contributed by atoms with E-state index < -0.39 is 23.4 Å². The van der Waals surface area contributed by atoms with Gasteiger partial charge in [0.15, 0.2) is 0 Å². The molecule has 4 N–H and O–H groups in total. The molecule has 176 valence electrons. The molecular weight excluding hydrogens is 392 g/mol. The molecule has 10 heteroatoms. The van der Waals surface area contributed by atoms with Gasteiger partial charge in [0.25, 0.3) is 0 Å². The predicted molar refractivity (Wildman–Crippen MR) is 114 cm³/mol. The van der Waals surface area contributed by atoms with Gasteiger partial charge in [-0.25, -0.2) is 9.59 Å². The molecule has 0 saturated carbocycles. The fourth-order valence-corrected chi connectivity index (χ4v) is 3.01. The minimum atomic E-state index is -0.460. The van der Waals surface area contributed by atoms with Crippen molar-refractivity contribution in [2.75, 3.05) is 40.4 Å². The first-order chi connectivity index (χ1) is 13.8. The van der Waals surface area contributed by atoms with E-state index in [1.165, 1.54) is 0 Å². The molecule has 2 aliphatic rings. The highest BCUT2D eigenvalue weighted by Crippen LogP contribution is 2.10. The van der Waals surface area contributed by atoms with Crippen molar-refractivity contribution in [2.45, 2.75) is 77.0 Å². The van der Waals surface area contributed by atoms with Crippen molar-refractivity contribution < 1.29 is 28.5 Å². The molecule has 2 amide bonds. The highest BCUT2D eigenvalue weighted by atomic mass is 16.6. The van der Waals surface area contributed by atoms with Crippen LogP contribution in [0.3, 0.4) is 0 Å². The SMILES string of the molecule is CO[C@@H]1CNC[C@H]1NC(=O)OC(C)(C)C.CO[C@H]1CNC[C@@H]1NC(=O)OC(C)(C)C. The summed E-state index contributed by atoms with van der Waals surface area (Å²) in [4.78, 5) is 22.9. The van der Waals surface area contributed by atoms with Crippen molar-refractivity contribution in [3.05, 3.63) is 0 Å². The van der Waals surface area contributed by atoms with E-state index in [0.717, 1.165) is 26.2 Å². The van der Waals surface area contributed by atoms with Crippen molar-refractivity contribution in [2.24, 2.45) is 0 Å². The molecule has 0 aromatic heterocycles. The van der Waals surface area contributed by atoms with Gasteiger partial charge in [0.1, 0.15) is 11.2 Å². The quantitative estimate of drug-likeness (QED) is 0.519. The van der Waals surface area contributed by atoms with Crippen LogP contribution in [0.15, 0.2) is 0 Å². The summed E-state index contributed by atoms with van der Waals surface area (Å²) in [6, 6.07) is -0.0188. The minimum absolute atomic E-state index is 0.00940. The second-order valence-corrected chi connectivity index (χ2v) is 9.37. The van der Waals surface area contributed by atoms with E-state index in [9.17, 15) is 9.59 Å². The number of carbonyl (C=O) groups is 2. The van der Waals surface area contributed by atoms with Crippen molar-refractivity contribution >= 4 is 12.2 Å². The van der Waals surface area contributed by atoms with E-state index in [2.05, 4.69) is 21.3 Å². The lowest BCUT2D eigenvalue weighted by atomic mass is 10.2. The van der Waals surface area contributed by atoms with Crippen LogP contribution in [-0.4, -0.2) is 88.1 Å².